The van der Waals surface area contributed by atoms with Crippen molar-refractivity contribution in [2.24, 2.45) is 13.0 Å². The van der Waals surface area contributed by atoms with Gasteiger partial charge in [0.15, 0.2) is 5.13 Å². The molecule has 0 spiro atoms. The average Bonchev–Trinajstić information content (AvgIpc) is 3.09. The van der Waals surface area contributed by atoms with Crippen molar-refractivity contribution in [3.63, 3.8) is 0 Å². The summed E-state index contributed by atoms with van der Waals surface area (Å²) in [5.41, 5.74) is 0.675. The molecule has 2 N–H and O–H groups in total. The fourth-order valence-corrected chi connectivity index (χ4v) is 2.68. The number of hydrogen-bond donors (Lipinski definition) is 2. The third kappa shape index (κ3) is 5.48. The minimum absolute atomic E-state index is 0.153. The number of rotatable bonds is 7. The van der Waals surface area contributed by atoms with Gasteiger partial charge in [0.1, 0.15) is 6.04 Å². The van der Waals surface area contributed by atoms with Crippen LogP contribution in [0.3, 0.4) is 0 Å². The van der Waals surface area contributed by atoms with E-state index in [-0.39, 0.29) is 24.2 Å². The standard InChI is InChI=1S/C15H21N5O2S/c1-10(2)8-12(14(22)18-15-16-5-7-23-15)17-13(21)9-11-4-6-20(3)19-11/h4-7,10,12H,8-9H2,1-3H3,(H,17,21)(H,16,18,22). The number of thiazole rings is 1. The van der Waals surface area contributed by atoms with Crippen LogP contribution in [0.2, 0.25) is 0 Å². The van der Waals surface area contributed by atoms with Crippen molar-refractivity contribution in [3.8, 4) is 0 Å². The van der Waals surface area contributed by atoms with Crippen molar-refractivity contribution < 1.29 is 9.59 Å². The maximum absolute atomic E-state index is 12.4. The second kappa shape index (κ2) is 7.87. The van der Waals surface area contributed by atoms with Crippen LogP contribution in [0.4, 0.5) is 5.13 Å². The summed E-state index contributed by atoms with van der Waals surface area (Å²) in [6, 6.07) is 1.20. The Balaban J connectivity index is 1.96. The first-order chi connectivity index (χ1) is 10.9. The van der Waals surface area contributed by atoms with E-state index < -0.39 is 6.04 Å². The molecule has 0 aliphatic heterocycles. The Morgan fingerprint density at radius 1 is 1.39 bits per heavy atom. The molecule has 0 aliphatic rings. The van der Waals surface area contributed by atoms with Gasteiger partial charge >= 0.3 is 0 Å². The van der Waals surface area contributed by atoms with Gasteiger partial charge in [-0.3, -0.25) is 14.3 Å². The van der Waals surface area contributed by atoms with Crippen LogP contribution >= 0.6 is 11.3 Å². The van der Waals surface area contributed by atoms with E-state index in [1.165, 1.54) is 11.3 Å². The van der Waals surface area contributed by atoms with Crippen LogP contribution in [-0.2, 0) is 23.1 Å². The monoisotopic (exact) mass is 335 g/mol. The van der Waals surface area contributed by atoms with Gasteiger partial charge in [-0.05, 0) is 18.4 Å². The summed E-state index contributed by atoms with van der Waals surface area (Å²) in [5, 5.41) is 12.0. The molecule has 2 rings (SSSR count). The quantitative estimate of drug-likeness (QED) is 0.804. The lowest BCUT2D eigenvalue weighted by Crippen LogP contribution is -2.45. The zero-order valence-electron chi connectivity index (χ0n) is 13.4. The summed E-state index contributed by atoms with van der Waals surface area (Å²) in [4.78, 5) is 28.6. The Kier molecular flexibility index (Phi) is 5.86. The Morgan fingerprint density at radius 2 is 2.17 bits per heavy atom. The van der Waals surface area contributed by atoms with Crippen LogP contribution in [0.5, 0.6) is 0 Å². The molecule has 0 saturated carbocycles. The summed E-state index contributed by atoms with van der Waals surface area (Å²) in [6.45, 7) is 4.02. The van der Waals surface area contributed by atoms with Gasteiger partial charge in [0.2, 0.25) is 11.8 Å². The van der Waals surface area contributed by atoms with Crippen molar-refractivity contribution in [3.05, 3.63) is 29.5 Å². The van der Waals surface area contributed by atoms with Crippen LogP contribution in [0, 0.1) is 5.92 Å². The summed E-state index contributed by atoms with van der Waals surface area (Å²) < 4.78 is 1.64. The van der Waals surface area contributed by atoms with Crippen LogP contribution in [0.15, 0.2) is 23.8 Å². The Morgan fingerprint density at radius 3 is 2.74 bits per heavy atom. The molecule has 124 valence electrons. The summed E-state index contributed by atoms with van der Waals surface area (Å²) >= 11 is 1.34. The highest BCUT2D eigenvalue weighted by atomic mass is 32.1. The minimum atomic E-state index is -0.588. The third-order valence-electron chi connectivity index (χ3n) is 3.13. The molecular formula is C15H21N5O2S. The average molecular weight is 335 g/mol. The number of aromatic nitrogens is 3. The highest BCUT2D eigenvalue weighted by molar-refractivity contribution is 7.13. The van der Waals surface area contributed by atoms with Crippen LogP contribution in [0.1, 0.15) is 26.0 Å². The molecule has 0 fully saturated rings. The first-order valence-corrected chi connectivity index (χ1v) is 8.30. The fraction of sp³-hybridized carbons (Fsp3) is 0.467. The van der Waals surface area contributed by atoms with E-state index in [0.717, 1.165) is 0 Å². The summed E-state index contributed by atoms with van der Waals surface area (Å²) in [6.07, 6.45) is 4.12. The number of nitrogens with one attached hydrogen (secondary N) is 2. The summed E-state index contributed by atoms with van der Waals surface area (Å²) in [7, 11) is 1.80. The molecular weight excluding hydrogens is 314 g/mol. The smallest absolute Gasteiger partial charge is 0.248 e. The molecule has 7 nitrogen and oxygen atoms in total. The number of aryl methyl sites for hydroxylation is 1. The number of carbonyl (C=O) groups excluding carboxylic acids is 2. The molecule has 0 bridgehead atoms. The second-order valence-corrected chi connectivity index (χ2v) is 6.63. The molecule has 0 saturated heterocycles. The van der Waals surface area contributed by atoms with E-state index in [1.807, 2.05) is 13.8 Å². The molecule has 2 aromatic heterocycles. The van der Waals surface area contributed by atoms with E-state index in [4.69, 9.17) is 0 Å². The number of nitrogens with zero attached hydrogens (tertiary/aromatic N) is 3. The normalized spacial score (nSPS) is 12.2. The lowest BCUT2D eigenvalue weighted by atomic mass is 10.0. The predicted octanol–water partition coefficient (Wildman–Crippen LogP) is 1.59. The van der Waals surface area contributed by atoms with Crippen molar-refractivity contribution in [2.45, 2.75) is 32.7 Å². The zero-order valence-corrected chi connectivity index (χ0v) is 14.3. The van der Waals surface area contributed by atoms with Crippen LogP contribution in [-0.4, -0.2) is 32.6 Å². The molecule has 2 heterocycles. The SMILES string of the molecule is CC(C)CC(NC(=O)Cc1ccn(C)n1)C(=O)Nc1nccs1. The van der Waals surface area contributed by atoms with Crippen LogP contribution < -0.4 is 10.6 Å². The largest absolute Gasteiger partial charge is 0.344 e. The molecule has 1 unspecified atom stereocenters. The van der Waals surface area contributed by atoms with E-state index in [2.05, 4.69) is 20.7 Å². The maximum Gasteiger partial charge on any atom is 0.248 e. The van der Waals surface area contributed by atoms with Gasteiger partial charge in [0.05, 0.1) is 12.1 Å². The molecule has 8 heteroatoms. The first-order valence-electron chi connectivity index (χ1n) is 7.42. The van der Waals surface area contributed by atoms with E-state index in [0.29, 0.717) is 17.2 Å². The number of hydrogen-bond acceptors (Lipinski definition) is 5. The number of amides is 2. The third-order valence-corrected chi connectivity index (χ3v) is 3.82. The Bertz CT molecular complexity index is 651. The lowest BCUT2D eigenvalue weighted by Gasteiger charge is -2.19. The van der Waals surface area contributed by atoms with Gasteiger partial charge < -0.3 is 10.6 Å². The molecule has 23 heavy (non-hydrogen) atoms. The van der Waals surface area contributed by atoms with Crippen molar-refractivity contribution in [2.75, 3.05) is 5.32 Å². The van der Waals surface area contributed by atoms with Gasteiger partial charge in [0, 0.05) is 24.8 Å². The molecule has 2 aromatic rings. The van der Waals surface area contributed by atoms with Crippen molar-refractivity contribution in [1.82, 2.24) is 20.1 Å². The highest BCUT2D eigenvalue weighted by Gasteiger charge is 2.23. The fourth-order valence-electron chi connectivity index (χ4n) is 2.15. The first kappa shape index (κ1) is 17.1. The zero-order chi connectivity index (χ0) is 16.8. The molecule has 2 amide bonds. The second-order valence-electron chi connectivity index (χ2n) is 5.73. The summed E-state index contributed by atoms with van der Waals surface area (Å²) in [5.74, 6) is -0.191. The van der Waals surface area contributed by atoms with Gasteiger partial charge in [-0.1, -0.05) is 13.8 Å². The van der Waals surface area contributed by atoms with Gasteiger partial charge in [-0.25, -0.2) is 4.98 Å². The van der Waals surface area contributed by atoms with E-state index in [1.54, 1.807) is 35.6 Å². The van der Waals surface area contributed by atoms with Crippen molar-refractivity contribution >= 4 is 28.3 Å². The van der Waals surface area contributed by atoms with Crippen molar-refractivity contribution in [1.29, 1.82) is 0 Å². The topological polar surface area (TPSA) is 88.9 Å². The van der Waals surface area contributed by atoms with Gasteiger partial charge in [-0.2, -0.15) is 5.10 Å². The highest BCUT2D eigenvalue weighted by Crippen LogP contribution is 2.13. The van der Waals surface area contributed by atoms with Gasteiger partial charge in [0.25, 0.3) is 0 Å². The molecule has 0 aromatic carbocycles. The Hall–Kier alpha value is -2.22. The maximum atomic E-state index is 12.4. The van der Waals surface area contributed by atoms with Gasteiger partial charge in [-0.15, -0.1) is 11.3 Å². The molecule has 0 aliphatic carbocycles. The predicted molar refractivity (Wildman–Crippen MR) is 89.0 cm³/mol. The molecule has 1 atom stereocenters. The lowest BCUT2D eigenvalue weighted by molar-refractivity contribution is -0.126. The number of carbonyl (C=O) groups is 2. The van der Waals surface area contributed by atoms with E-state index in [9.17, 15) is 9.59 Å². The van der Waals surface area contributed by atoms with E-state index >= 15 is 0 Å². The Labute approximate surface area is 139 Å². The van der Waals surface area contributed by atoms with Crippen LogP contribution in [0.25, 0.3) is 0 Å². The number of anilines is 1. The molecule has 0 radical (unpaired) electrons. The minimum Gasteiger partial charge on any atom is -0.344 e.